The van der Waals surface area contributed by atoms with Crippen LogP contribution in [0.5, 0.6) is 0 Å². The van der Waals surface area contributed by atoms with Gasteiger partial charge in [0, 0.05) is 5.69 Å². The fourth-order valence-corrected chi connectivity index (χ4v) is 2.00. The molecule has 0 spiro atoms. The van der Waals surface area contributed by atoms with E-state index in [0.717, 1.165) is 12.1 Å². The second kappa shape index (κ2) is 4.98. The first-order chi connectivity index (χ1) is 9.60. The van der Waals surface area contributed by atoms with Crippen LogP contribution in [0, 0.1) is 0 Å². The number of hydrogen-bond acceptors (Lipinski definition) is 1. The van der Waals surface area contributed by atoms with Crippen LogP contribution in [0.2, 0.25) is 0 Å². The van der Waals surface area contributed by atoms with Crippen molar-refractivity contribution in [3.63, 3.8) is 0 Å². The molecule has 0 saturated heterocycles. The summed E-state index contributed by atoms with van der Waals surface area (Å²) in [6.45, 7) is 0. The number of halogens is 6. The summed E-state index contributed by atoms with van der Waals surface area (Å²) < 4.78 is 77.7. The third kappa shape index (κ3) is 3.12. The fraction of sp³-hybridized carbons (Fsp3) is 0.143. The standard InChI is InChI=1S/C14H9F6N/c15-13(16,17)11-3-1-2-10(12(11)14(18,19)20)8-4-6-9(21)7-5-8/h1-7H,21H2. The van der Waals surface area contributed by atoms with Crippen LogP contribution in [-0.4, -0.2) is 0 Å². The lowest BCUT2D eigenvalue weighted by atomic mass is 9.94. The van der Waals surface area contributed by atoms with Crippen LogP contribution in [0.1, 0.15) is 11.1 Å². The van der Waals surface area contributed by atoms with Crippen molar-refractivity contribution in [3.8, 4) is 11.1 Å². The highest BCUT2D eigenvalue weighted by Crippen LogP contribution is 2.44. The predicted molar refractivity (Wildman–Crippen MR) is 66.3 cm³/mol. The molecule has 0 aliphatic heterocycles. The lowest BCUT2D eigenvalue weighted by Crippen LogP contribution is -2.17. The lowest BCUT2D eigenvalue weighted by molar-refractivity contribution is -0.161. The van der Waals surface area contributed by atoms with Crippen LogP contribution in [0.4, 0.5) is 32.0 Å². The van der Waals surface area contributed by atoms with Crippen LogP contribution in [-0.2, 0) is 12.4 Å². The van der Waals surface area contributed by atoms with Gasteiger partial charge < -0.3 is 5.73 Å². The third-order valence-corrected chi connectivity index (χ3v) is 2.88. The minimum atomic E-state index is -5.12. The molecular weight excluding hydrogens is 296 g/mol. The van der Waals surface area contributed by atoms with Gasteiger partial charge in [-0.1, -0.05) is 24.3 Å². The maximum Gasteiger partial charge on any atom is 0.417 e. The molecule has 0 unspecified atom stereocenters. The summed E-state index contributed by atoms with van der Waals surface area (Å²) in [6.07, 6.45) is -10.2. The SMILES string of the molecule is Nc1ccc(-c2cccc(C(F)(F)F)c2C(F)(F)F)cc1. The Labute approximate surface area is 116 Å². The molecule has 0 amide bonds. The highest BCUT2D eigenvalue weighted by Gasteiger charge is 2.44. The second-order valence-electron chi connectivity index (χ2n) is 4.35. The number of anilines is 1. The van der Waals surface area contributed by atoms with E-state index < -0.39 is 29.0 Å². The maximum atomic E-state index is 13.1. The molecule has 7 heteroatoms. The van der Waals surface area contributed by atoms with E-state index in [1.807, 2.05) is 0 Å². The summed E-state index contributed by atoms with van der Waals surface area (Å²) in [7, 11) is 0. The Morgan fingerprint density at radius 2 is 1.29 bits per heavy atom. The Morgan fingerprint density at radius 3 is 1.76 bits per heavy atom. The van der Waals surface area contributed by atoms with Crippen molar-refractivity contribution in [2.24, 2.45) is 0 Å². The third-order valence-electron chi connectivity index (χ3n) is 2.88. The molecule has 2 rings (SSSR count). The highest BCUT2D eigenvalue weighted by molar-refractivity contribution is 5.71. The summed E-state index contributed by atoms with van der Waals surface area (Å²) in [4.78, 5) is 0. The van der Waals surface area contributed by atoms with Crippen molar-refractivity contribution < 1.29 is 26.3 Å². The monoisotopic (exact) mass is 305 g/mol. The van der Waals surface area contributed by atoms with Gasteiger partial charge in [-0.25, -0.2) is 0 Å². The van der Waals surface area contributed by atoms with Crippen molar-refractivity contribution in [1.82, 2.24) is 0 Å². The normalized spacial score (nSPS) is 12.5. The smallest absolute Gasteiger partial charge is 0.399 e. The Hall–Kier alpha value is -2.18. The van der Waals surface area contributed by atoms with E-state index in [0.29, 0.717) is 11.8 Å². The summed E-state index contributed by atoms with van der Waals surface area (Å²) in [5.74, 6) is 0. The van der Waals surface area contributed by atoms with E-state index in [2.05, 4.69) is 0 Å². The molecule has 0 saturated carbocycles. The molecule has 2 aromatic rings. The van der Waals surface area contributed by atoms with Gasteiger partial charge in [-0.05, 0) is 29.3 Å². The van der Waals surface area contributed by atoms with E-state index in [4.69, 9.17) is 5.73 Å². The minimum Gasteiger partial charge on any atom is -0.399 e. The second-order valence-corrected chi connectivity index (χ2v) is 4.35. The number of nitrogen functional groups attached to an aromatic ring is 1. The first kappa shape index (κ1) is 15.2. The van der Waals surface area contributed by atoms with Crippen molar-refractivity contribution in [1.29, 1.82) is 0 Å². The van der Waals surface area contributed by atoms with Crippen LogP contribution in [0.3, 0.4) is 0 Å². The number of nitrogens with two attached hydrogens (primary N) is 1. The molecule has 0 radical (unpaired) electrons. The first-order valence-corrected chi connectivity index (χ1v) is 5.74. The molecule has 0 aliphatic carbocycles. The number of rotatable bonds is 1. The average molecular weight is 305 g/mol. The number of benzene rings is 2. The topological polar surface area (TPSA) is 26.0 Å². The summed E-state index contributed by atoms with van der Waals surface area (Å²) in [5, 5.41) is 0. The number of hydrogen-bond donors (Lipinski definition) is 1. The average Bonchev–Trinajstić information content (AvgIpc) is 2.36. The van der Waals surface area contributed by atoms with Crippen molar-refractivity contribution in [2.45, 2.75) is 12.4 Å². The molecule has 0 aromatic heterocycles. The summed E-state index contributed by atoms with van der Waals surface area (Å²) >= 11 is 0. The van der Waals surface area contributed by atoms with Gasteiger partial charge in [-0.3, -0.25) is 0 Å². The van der Waals surface area contributed by atoms with Gasteiger partial charge in [0.15, 0.2) is 0 Å². The molecule has 112 valence electrons. The van der Waals surface area contributed by atoms with E-state index in [9.17, 15) is 26.3 Å². The highest BCUT2D eigenvalue weighted by atomic mass is 19.4. The van der Waals surface area contributed by atoms with Crippen molar-refractivity contribution >= 4 is 5.69 Å². The molecule has 0 atom stereocenters. The Bertz CT molecular complexity index is 640. The lowest BCUT2D eigenvalue weighted by Gasteiger charge is -2.19. The molecule has 21 heavy (non-hydrogen) atoms. The maximum absolute atomic E-state index is 13.1. The van der Waals surface area contributed by atoms with Crippen molar-refractivity contribution in [2.75, 3.05) is 5.73 Å². The van der Waals surface area contributed by atoms with Crippen LogP contribution < -0.4 is 5.73 Å². The van der Waals surface area contributed by atoms with Gasteiger partial charge in [0.2, 0.25) is 0 Å². The number of alkyl halides is 6. The van der Waals surface area contributed by atoms with E-state index in [-0.39, 0.29) is 5.56 Å². The van der Waals surface area contributed by atoms with Gasteiger partial charge in [-0.2, -0.15) is 26.3 Å². The van der Waals surface area contributed by atoms with Gasteiger partial charge in [0.25, 0.3) is 0 Å². The Kier molecular flexibility index (Phi) is 3.61. The zero-order valence-electron chi connectivity index (χ0n) is 10.4. The zero-order chi connectivity index (χ0) is 15.8. The van der Waals surface area contributed by atoms with Gasteiger partial charge in [-0.15, -0.1) is 0 Å². The molecule has 2 aromatic carbocycles. The molecule has 0 aliphatic rings. The first-order valence-electron chi connectivity index (χ1n) is 5.74. The molecule has 0 heterocycles. The zero-order valence-corrected chi connectivity index (χ0v) is 10.4. The largest absolute Gasteiger partial charge is 0.417 e. The van der Waals surface area contributed by atoms with Crippen LogP contribution >= 0.6 is 0 Å². The Balaban J connectivity index is 2.75. The Morgan fingerprint density at radius 1 is 0.714 bits per heavy atom. The van der Waals surface area contributed by atoms with Crippen LogP contribution in [0.25, 0.3) is 11.1 Å². The molecular formula is C14H9F6N. The quantitative estimate of drug-likeness (QED) is 0.584. The minimum absolute atomic E-state index is 0.0163. The predicted octanol–water partition coefficient (Wildman–Crippen LogP) is 4.97. The van der Waals surface area contributed by atoms with Gasteiger partial charge >= 0.3 is 12.4 Å². The fourth-order valence-electron chi connectivity index (χ4n) is 2.00. The van der Waals surface area contributed by atoms with Crippen molar-refractivity contribution in [3.05, 3.63) is 53.6 Å². The van der Waals surface area contributed by atoms with Crippen LogP contribution in [0.15, 0.2) is 42.5 Å². The van der Waals surface area contributed by atoms with E-state index in [1.54, 1.807) is 0 Å². The molecule has 2 N–H and O–H groups in total. The molecule has 0 bridgehead atoms. The molecule has 0 fully saturated rings. The van der Waals surface area contributed by atoms with Gasteiger partial charge in [0.1, 0.15) is 0 Å². The van der Waals surface area contributed by atoms with Gasteiger partial charge in [0.05, 0.1) is 11.1 Å². The van der Waals surface area contributed by atoms with E-state index >= 15 is 0 Å². The summed E-state index contributed by atoms with van der Waals surface area (Å²) in [6, 6.07) is 7.53. The summed E-state index contributed by atoms with van der Waals surface area (Å²) in [5.41, 5.74) is 1.82. The van der Waals surface area contributed by atoms with E-state index in [1.165, 1.54) is 24.3 Å². The molecule has 1 nitrogen and oxygen atoms in total.